The number of carbonyl (C=O) groups excluding carboxylic acids is 1. The van der Waals surface area contributed by atoms with Crippen LogP contribution in [-0.2, 0) is 6.54 Å². The highest BCUT2D eigenvalue weighted by atomic mass is 16.1. The van der Waals surface area contributed by atoms with Crippen molar-refractivity contribution in [3.05, 3.63) is 54.1 Å². The van der Waals surface area contributed by atoms with Crippen molar-refractivity contribution >= 4 is 11.6 Å². The summed E-state index contributed by atoms with van der Waals surface area (Å²) in [5.74, 6) is -0.198. The van der Waals surface area contributed by atoms with E-state index in [1.807, 2.05) is 12.1 Å². The summed E-state index contributed by atoms with van der Waals surface area (Å²) in [5.41, 5.74) is 2.21. The van der Waals surface area contributed by atoms with Crippen LogP contribution in [0.3, 0.4) is 0 Å². The molecule has 0 radical (unpaired) electrons. The normalized spacial score (nSPS) is 9.83. The second-order valence-electron chi connectivity index (χ2n) is 3.72. The zero-order valence-electron chi connectivity index (χ0n) is 10.1. The molecule has 0 aliphatic rings. The fraction of sp³-hybridized carbons (Fsp3) is 0.154. The van der Waals surface area contributed by atoms with E-state index in [0.717, 1.165) is 11.3 Å². The predicted molar refractivity (Wildman–Crippen MR) is 69.2 cm³/mol. The number of hydrogen-bond acceptors (Lipinski definition) is 4. The quantitative estimate of drug-likeness (QED) is 0.851. The summed E-state index contributed by atoms with van der Waals surface area (Å²) in [6.07, 6.45) is 5.02. The summed E-state index contributed by atoms with van der Waals surface area (Å²) in [6.45, 7) is 0.443. The number of pyridine rings is 2. The van der Waals surface area contributed by atoms with Crippen LogP contribution in [0.2, 0.25) is 0 Å². The molecule has 0 spiro atoms. The van der Waals surface area contributed by atoms with E-state index < -0.39 is 0 Å². The second kappa shape index (κ2) is 5.77. The maximum absolute atomic E-state index is 11.9. The smallest absolute Gasteiger partial charge is 0.270 e. The van der Waals surface area contributed by atoms with Crippen molar-refractivity contribution in [2.45, 2.75) is 6.54 Å². The highest BCUT2D eigenvalue weighted by molar-refractivity contribution is 5.93. The molecule has 0 aliphatic carbocycles. The fourth-order valence-electron chi connectivity index (χ4n) is 1.49. The first-order valence-electron chi connectivity index (χ1n) is 5.60. The molecule has 0 aromatic carbocycles. The molecule has 5 nitrogen and oxygen atoms in total. The third-order valence-electron chi connectivity index (χ3n) is 2.46. The first kappa shape index (κ1) is 12.0. The lowest BCUT2D eigenvalue weighted by Crippen LogP contribution is -2.23. The van der Waals surface area contributed by atoms with Crippen LogP contribution in [0.5, 0.6) is 0 Å². The minimum Gasteiger partial charge on any atom is -0.388 e. The van der Waals surface area contributed by atoms with Gasteiger partial charge in [-0.05, 0) is 23.8 Å². The summed E-state index contributed by atoms with van der Waals surface area (Å²) in [4.78, 5) is 19.9. The number of rotatable bonds is 4. The SMILES string of the molecule is CNc1ccnc(C(=O)NCc2cccnc2)c1. The minimum absolute atomic E-state index is 0.198. The molecule has 0 bridgehead atoms. The van der Waals surface area contributed by atoms with E-state index in [2.05, 4.69) is 20.6 Å². The predicted octanol–water partition coefficient (Wildman–Crippen LogP) is 1.45. The molecule has 2 aromatic rings. The lowest BCUT2D eigenvalue weighted by Gasteiger charge is -2.05. The van der Waals surface area contributed by atoms with Crippen LogP contribution in [0.1, 0.15) is 16.1 Å². The molecule has 18 heavy (non-hydrogen) atoms. The molecular weight excluding hydrogens is 228 g/mol. The van der Waals surface area contributed by atoms with Crippen molar-refractivity contribution in [2.24, 2.45) is 0 Å². The van der Waals surface area contributed by atoms with Gasteiger partial charge in [0.05, 0.1) is 0 Å². The van der Waals surface area contributed by atoms with Gasteiger partial charge in [-0.1, -0.05) is 6.07 Å². The van der Waals surface area contributed by atoms with Crippen molar-refractivity contribution in [3.8, 4) is 0 Å². The van der Waals surface area contributed by atoms with Crippen LogP contribution in [0.25, 0.3) is 0 Å². The first-order valence-corrected chi connectivity index (χ1v) is 5.60. The van der Waals surface area contributed by atoms with Crippen molar-refractivity contribution in [1.29, 1.82) is 0 Å². The maximum Gasteiger partial charge on any atom is 0.270 e. The van der Waals surface area contributed by atoms with Crippen molar-refractivity contribution in [2.75, 3.05) is 12.4 Å². The van der Waals surface area contributed by atoms with Gasteiger partial charge in [0.2, 0.25) is 0 Å². The summed E-state index contributed by atoms with van der Waals surface area (Å²) >= 11 is 0. The number of anilines is 1. The molecule has 2 aromatic heterocycles. The number of nitrogens with zero attached hydrogens (tertiary/aromatic N) is 2. The standard InChI is InChI=1S/C13H14N4O/c1-14-11-4-6-16-12(7-11)13(18)17-9-10-3-2-5-15-8-10/h2-8H,9H2,1H3,(H,14,16)(H,17,18). The zero-order valence-corrected chi connectivity index (χ0v) is 10.1. The third-order valence-corrected chi connectivity index (χ3v) is 2.46. The molecule has 0 fully saturated rings. The van der Waals surface area contributed by atoms with E-state index in [-0.39, 0.29) is 5.91 Å². The number of nitrogens with one attached hydrogen (secondary N) is 2. The van der Waals surface area contributed by atoms with Gasteiger partial charge in [-0.3, -0.25) is 14.8 Å². The average molecular weight is 242 g/mol. The number of carbonyl (C=O) groups is 1. The average Bonchev–Trinajstić information content (AvgIpc) is 2.46. The van der Waals surface area contributed by atoms with Crippen LogP contribution in [0.4, 0.5) is 5.69 Å². The topological polar surface area (TPSA) is 66.9 Å². The van der Waals surface area contributed by atoms with Gasteiger partial charge in [-0.15, -0.1) is 0 Å². The van der Waals surface area contributed by atoms with E-state index in [1.54, 1.807) is 37.8 Å². The molecule has 92 valence electrons. The van der Waals surface area contributed by atoms with Gasteiger partial charge in [-0.2, -0.15) is 0 Å². The lowest BCUT2D eigenvalue weighted by molar-refractivity contribution is 0.0946. The molecule has 1 amide bonds. The van der Waals surface area contributed by atoms with Gasteiger partial charge in [0.1, 0.15) is 5.69 Å². The second-order valence-corrected chi connectivity index (χ2v) is 3.72. The largest absolute Gasteiger partial charge is 0.388 e. The first-order chi connectivity index (χ1) is 8.79. The molecule has 0 unspecified atom stereocenters. The third kappa shape index (κ3) is 3.04. The van der Waals surface area contributed by atoms with E-state index in [9.17, 15) is 4.79 Å². The molecule has 0 saturated heterocycles. The fourth-order valence-corrected chi connectivity index (χ4v) is 1.49. The lowest BCUT2D eigenvalue weighted by atomic mass is 10.2. The highest BCUT2D eigenvalue weighted by Crippen LogP contribution is 2.06. The van der Waals surface area contributed by atoms with Crippen LogP contribution < -0.4 is 10.6 Å². The highest BCUT2D eigenvalue weighted by Gasteiger charge is 2.07. The molecule has 0 atom stereocenters. The van der Waals surface area contributed by atoms with Crippen LogP contribution in [0.15, 0.2) is 42.9 Å². The number of hydrogen-bond donors (Lipinski definition) is 2. The summed E-state index contributed by atoms with van der Waals surface area (Å²) in [6, 6.07) is 7.25. The van der Waals surface area contributed by atoms with Gasteiger partial charge < -0.3 is 10.6 Å². The Morgan fingerprint density at radius 2 is 2.22 bits per heavy atom. The van der Waals surface area contributed by atoms with E-state index in [1.165, 1.54) is 0 Å². The summed E-state index contributed by atoms with van der Waals surface area (Å²) in [5, 5.41) is 5.76. The zero-order chi connectivity index (χ0) is 12.8. The molecule has 0 aliphatic heterocycles. The van der Waals surface area contributed by atoms with Crippen molar-refractivity contribution in [1.82, 2.24) is 15.3 Å². The molecule has 2 N–H and O–H groups in total. The Morgan fingerprint density at radius 1 is 1.33 bits per heavy atom. The molecule has 2 rings (SSSR count). The van der Waals surface area contributed by atoms with E-state index in [4.69, 9.17) is 0 Å². The molecule has 2 heterocycles. The maximum atomic E-state index is 11.9. The van der Waals surface area contributed by atoms with Crippen molar-refractivity contribution in [3.63, 3.8) is 0 Å². The summed E-state index contributed by atoms with van der Waals surface area (Å²) < 4.78 is 0. The van der Waals surface area contributed by atoms with Crippen molar-refractivity contribution < 1.29 is 4.79 Å². The van der Waals surface area contributed by atoms with Gasteiger partial charge >= 0.3 is 0 Å². The van der Waals surface area contributed by atoms with Crippen LogP contribution in [0, 0.1) is 0 Å². The minimum atomic E-state index is -0.198. The van der Waals surface area contributed by atoms with E-state index >= 15 is 0 Å². The van der Waals surface area contributed by atoms with Gasteiger partial charge in [0, 0.05) is 37.9 Å². The summed E-state index contributed by atoms with van der Waals surface area (Å²) in [7, 11) is 1.80. The van der Waals surface area contributed by atoms with Gasteiger partial charge in [0.15, 0.2) is 0 Å². The number of amides is 1. The Kier molecular flexibility index (Phi) is 3.86. The Morgan fingerprint density at radius 3 is 2.94 bits per heavy atom. The molecule has 0 saturated carbocycles. The monoisotopic (exact) mass is 242 g/mol. The Hall–Kier alpha value is -2.43. The van der Waals surface area contributed by atoms with E-state index in [0.29, 0.717) is 12.2 Å². The molecular formula is C13H14N4O. The Bertz CT molecular complexity index is 528. The van der Waals surface area contributed by atoms with Crippen LogP contribution in [-0.4, -0.2) is 22.9 Å². The van der Waals surface area contributed by atoms with Gasteiger partial charge in [-0.25, -0.2) is 0 Å². The molecule has 5 heteroatoms. The Balaban J connectivity index is 1.99. The van der Waals surface area contributed by atoms with Gasteiger partial charge in [0.25, 0.3) is 5.91 Å². The van der Waals surface area contributed by atoms with Crippen LogP contribution >= 0.6 is 0 Å². The Labute approximate surface area is 105 Å². The number of aromatic nitrogens is 2.